The Kier molecular flexibility index (Phi) is 8.35. The first-order valence-corrected chi connectivity index (χ1v) is 13.7. The van der Waals surface area contributed by atoms with Crippen LogP contribution >= 0.6 is 0 Å². The van der Waals surface area contributed by atoms with Crippen molar-refractivity contribution in [2.24, 2.45) is 0 Å². The summed E-state index contributed by atoms with van der Waals surface area (Å²) in [5.74, 6) is -0.737. The summed E-state index contributed by atoms with van der Waals surface area (Å²) in [6.07, 6.45) is 3.31. The van der Waals surface area contributed by atoms with Crippen LogP contribution in [0.15, 0.2) is 97.6 Å². The first-order chi connectivity index (χ1) is 19.5. The molecule has 0 aliphatic carbocycles. The average molecular weight is 532 g/mol. The fourth-order valence-corrected chi connectivity index (χ4v) is 5.35. The molecule has 1 atom stereocenters. The third-order valence-corrected chi connectivity index (χ3v) is 7.31. The molecule has 5 rings (SSSR count). The molecule has 0 spiro atoms. The van der Waals surface area contributed by atoms with Crippen molar-refractivity contribution >= 4 is 50.0 Å². The van der Waals surface area contributed by atoms with Gasteiger partial charge >= 0.3 is 0 Å². The van der Waals surface area contributed by atoms with Crippen molar-refractivity contribution < 1.29 is 14.4 Å². The van der Waals surface area contributed by atoms with Crippen LogP contribution in [0.25, 0.3) is 32.3 Å². The number of rotatable bonds is 12. The summed E-state index contributed by atoms with van der Waals surface area (Å²) in [6.45, 7) is 3.95. The number of amides is 3. The van der Waals surface area contributed by atoms with Crippen LogP contribution in [0.3, 0.4) is 0 Å². The number of aryl methyl sites for hydroxylation is 1. The van der Waals surface area contributed by atoms with E-state index < -0.39 is 6.04 Å². The van der Waals surface area contributed by atoms with Gasteiger partial charge in [0.25, 0.3) is 0 Å². The maximum atomic E-state index is 13.0. The Morgan fingerprint density at radius 3 is 2.17 bits per heavy atom. The molecule has 0 heterocycles. The Morgan fingerprint density at radius 1 is 0.750 bits per heavy atom. The maximum absolute atomic E-state index is 13.0. The molecule has 0 radical (unpaired) electrons. The SMILES string of the molecule is C=CC(=O)NCCNC(=O)C(Cc1ccccc1)NC(=O)CCCc1ccc2ccc3cccc4ccc1c2c34. The van der Waals surface area contributed by atoms with Crippen molar-refractivity contribution in [2.75, 3.05) is 13.1 Å². The van der Waals surface area contributed by atoms with Gasteiger partial charge < -0.3 is 16.0 Å². The van der Waals surface area contributed by atoms with Crippen LogP contribution in [-0.2, 0) is 27.2 Å². The van der Waals surface area contributed by atoms with Gasteiger partial charge in [-0.15, -0.1) is 0 Å². The molecule has 6 nitrogen and oxygen atoms in total. The fourth-order valence-electron chi connectivity index (χ4n) is 5.35. The van der Waals surface area contributed by atoms with Gasteiger partial charge in [0, 0.05) is 25.9 Å². The summed E-state index contributed by atoms with van der Waals surface area (Å²) >= 11 is 0. The minimum absolute atomic E-state index is 0.159. The van der Waals surface area contributed by atoms with E-state index in [1.807, 2.05) is 30.3 Å². The summed E-state index contributed by atoms with van der Waals surface area (Å²) in [6, 6.07) is 28.3. The van der Waals surface area contributed by atoms with Gasteiger partial charge in [-0.25, -0.2) is 0 Å². The zero-order valence-electron chi connectivity index (χ0n) is 22.4. The number of hydrogen-bond acceptors (Lipinski definition) is 3. The summed E-state index contributed by atoms with van der Waals surface area (Å²) in [4.78, 5) is 37.3. The second-order valence-electron chi connectivity index (χ2n) is 10.0. The van der Waals surface area contributed by atoms with Gasteiger partial charge in [0.05, 0.1) is 0 Å². The van der Waals surface area contributed by atoms with Gasteiger partial charge in [0.15, 0.2) is 0 Å². The molecule has 202 valence electrons. The number of carbonyl (C=O) groups is 3. The molecule has 0 aliphatic heterocycles. The van der Waals surface area contributed by atoms with Gasteiger partial charge in [0.1, 0.15) is 6.04 Å². The lowest BCUT2D eigenvalue weighted by atomic mass is 9.90. The molecule has 0 bridgehead atoms. The van der Waals surface area contributed by atoms with E-state index >= 15 is 0 Å². The van der Waals surface area contributed by atoms with Crippen molar-refractivity contribution in [2.45, 2.75) is 31.7 Å². The van der Waals surface area contributed by atoms with Crippen molar-refractivity contribution in [3.05, 3.63) is 109 Å². The summed E-state index contributed by atoms with van der Waals surface area (Å²) in [5.41, 5.74) is 2.18. The van der Waals surface area contributed by atoms with Gasteiger partial charge in [-0.1, -0.05) is 91.5 Å². The molecule has 0 fully saturated rings. The first kappa shape index (κ1) is 26.9. The van der Waals surface area contributed by atoms with Gasteiger partial charge in [-0.05, 0) is 62.4 Å². The summed E-state index contributed by atoms with van der Waals surface area (Å²) in [5, 5.41) is 15.9. The average Bonchev–Trinajstić information content (AvgIpc) is 2.98. The molecule has 40 heavy (non-hydrogen) atoms. The van der Waals surface area contributed by atoms with Crippen LogP contribution in [-0.4, -0.2) is 36.9 Å². The fraction of sp³-hybridized carbons (Fsp3) is 0.206. The summed E-state index contributed by atoms with van der Waals surface area (Å²) < 4.78 is 0. The van der Waals surface area contributed by atoms with Crippen molar-refractivity contribution in [1.29, 1.82) is 0 Å². The minimum atomic E-state index is -0.709. The smallest absolute Gasteiger partial charge is 0.243 e. The monoisotopic (exact) mass is 531 g/mol. The lowest BCUT2D eigenvalue weighted by molar-refractivity contribution is -0.129. The lowest BCUT2D eigenvalue weighted by Gasteiger charge is -2.19. The molecule has 0 aromatic heterocycles. The van der Waals surface area contributed by atoms with Gasteiger partial charge in [0.2, 0.25) is 17.7 Å². The standard InChI is InChI=1S/C34H33N3O3/c1-2-30(38)35-20-21-36-34(40)29(22-23-8-4-3-5-9-23)37-31(39)13-7-10-24-14-15-27-17-16-25-11-6-12-26-18-19-28(24)33(27)32(25)26/h2-6,8-9,11-12,14-19,29H,1,7,10,13,20-22H2,(H,35,38)(H,36,40)(H,37,39). The molecule has 0 saturated heterocycles. The predicted octanol–water partition coefficient (Wildman–Crippen LogP) is 5.05. The Morgan fingerprint density at radius 2 is 1.43 bits per heavy atom. The van der Waals surface area contributed by atoms with Gasteiger partial charge in [-0.3, -0.25) is 14.4 Å². The lowest BCUT2D eigenvalue weighted by Crippen LogP contribution is -2.49. The molecular weight excluding hydrogens is 498 g/mol. The number of nitrogens with one attached hydrogen (secondary N) is 3. The van der Waals surface area contributed by atoms with Crippen LogP contribution < -0.4 is 16.0 Å². The van der Waals surface area contributed by atoms with E-state index in [0.29, 0.717) is 19.3 Å². The zero-order chi connectivity index (χ0) is 27.9. The van der Waals surface area contributed by atoms with E-state index in [4.69, 9.17) is 0 Å². The molecule has 3 amide bonds. The molecule has 1 unspecified atom stereocenters. The van der Waals surface area contributed by atoms with Crippen LogP contribution in [0.4, 0.5) is 0 Å². The largest absolute Gasteiger partial charge is 0.353 e. The van der Waals surface area contributed by atoms with Crippen molar-refractivity contribution in [3.63, 3.8) is 0 Å². The first-order valence-electron chi connectivity index (χ1n) is 13.7. The second-order valence-corrected chi connectivity index (χ2v) is 10.0. The Bertz CT molecular complexity index is 1650. The number of hydrogen-bond donors (Lipinski definition) is 3. The van der Waals surface area contributed by atoms with Gasteiger partial charge in [-0.2, -0.15) is 0 Å². The molecular formula is C34H33N3O3. The maximum Gasteiger partial charge on any atom is 0.243 e. The normalized spacial score (nSPS) is 11.9. The van der Waals surface area contributed by atoms with E-state index in [1.165, 1.54) is 44.0 Å². The molecule has 0 aliphatic rings. The van der Waals surface area contributed by atoms with Crippen LogP contribution in [0.2, 0.25) is 0 Å². The van der Waals surface area contributed by atoms with Crippen molar-refractivity contribution in [1.82, 2.24) is 16.0 Å². The highest BCUT2D eigenvalue weighted by Crippen LogP contribution is 2.36. The zero-order valence-corrected chi connectivity index (χ0v) is 22.4. The van der Waals surface area contributed by atoms with Crippen LogP contribution in [0.5, 0.6) is 0 Å². The predicted molar refractivity (Wildman–Crippen MR) is 161 cm³/mol. The Balaban J connectivity index is 1.23. The minimum Gasteiger partial charge on any atom is -0.353 e. The Hall–Kier alpha value is -4.71. The number of carbonyl (C=O) groups excluding carboxylic acids is 3. The highest BCUT2D eigenvalue weighted by molar-refractivity contribution is 6.23. The third kappa shape index (κ3) is 6.12. The van der Waals surface area contributed by atoms with Crippen molar-refractivity contribution in [3.8, 4) is 0 Å². The van der Waals surface area contributed by atoms with Crippen LogP contribution in [0.1, 0.15) is 24.0 Å². The molecule has 3 N–H and O–H groups in total. The number of benzene rings is 5. The van der Waals surface area contributed by atoms with E-state index in [0.717, 1.165) is 12.0 Å². The van der Waals surface area contributed by atoms with E-state index in [-0.39, 0.29) is 30.8 Å². The van der Waals surface area contributed by atoms with E-state index in [1.54, 1.807) is 0 Å². The highest BCUT2D eigenvalue weighted by atomic mass is 16.2. The highest BCUT2D eigenvalue weighted by Gasteiger charge is 2.21. The molecule has 5 aromatic rings. The van der Waals surface area contributed by atoms with Crippen LogP contribution in [0, 0.1) is 0 Å². The second kappa shape index (κ2) is 12.4. The quantitative estimate of drug-likeness (QED) is 0.120. The topological polar surface area (TPSA) is 87.3 Å². The molecule has 5 aromatic carbocycles. The van der Waals surface area contributed by atoms with E-state index in [2.05, 4.69) is 77.1 Å². The van der Waals surface area contributed by atoms with E-state index in [9.17, 15) is 14.4 Å². The molecule has 6 heteroatoms. The third-order valence-electron chi connectivity index (χ3n) is 7.31. The molecule has 0 saturated carbocycles. The summed E-state index contributed by atoms with van der Waals surface area (Å²) in [7, 11) is 0. The Labute approximate surface area is 233 Å².